The molecule has 1 atom stereocenters. The summed E-state index contributed by atoms with van der Waals surface area (Å²) in [6, 6.07) is 26.7. The van der Waals surface area contributed by atoms with Gasteiger partial charge in [-0.15, -0.1) is 0 Å². The van der Waals surface area contributed by atoms with Crippen LogP contribution in [0.25, 0.3) is 11.1 Å². The number of ether oxygens (including phenoxy) is 1. The van der Waals surface area contributed by atoms with E-state index in [9.17, 15) is 9.18 Å². The second kappa shape index (κ2) is 6.64. The van der Waals surface area contributed by atoms with Crippen LogP contribution in [0.1, 0.15) is 5.56 Å². The average Bonchev–Trinajstić information content (AvgIpc) is 3.07. The molecule has 4 heteroatoms. The standard InChI is InChI=1S/C22H18FNO2/c23-15-22(16-24(21(25)26-22)20-9-5-2-6-10-20)19-13-11-18(12-14-19)17-7-3-1-4-8-17/h1-14H,15-16H2. The minimum Gasteiger partial charge on any atom is -0.433 e. The van der Waals surface area contributed by atoms with E-state index >= 15 is 0 Å². The van der Waals surface area contributed by atoms with Crippen LogP contribution in [0.2, 0.25) is 0 Å². The van der Waals surface area contributed by atoms with Gasteiger partial charge in [-0.1, -0.05) is 72.8 Å². The van der Waals surface area contributed by atoms with Gasteiger partial charge in [0.2, 0.25) is 0 Å². The highest BCUT2D eigenvalue weighted by molar-refractivity contribution is 5.90. The molecule has 0 radical (unpaired) electrons. The molecule has 130 valence electrons. The molecule has 1 aliphatic heterocycles. The van der Waals surface area contributed by atoms with Crippen molar-refractivity contribution in [3.8, 4) is 11.1 Å². The molecule has 1 heterocycles. The third-order valence-electron chi connectivity index (χ3n) is 4.72. The molecule has 1 aliphatic rings. The SMILES string of the molecule is O=C1OC(CF)(c2ccc(-c3ccccc3)cc2)CN1c1ccccc1. The highest BCUT2D eigenvalue weighted by Gasteiger charge is 2.47. The van der Waals surface area contributed by atoms with E-state index in [4.69, 9.17) is 4.74 Å². The molecule has 3 aromatic rings. The number of para-hydroxylation sites is 1. The number of nitrogens with zero attached hydrogens (tertiary/aromatic N) is 1. The molecule has 26 heavy (non-hydrogen) atoms. The minimum absolute atomic E-state index is 0.150. The Labute approximate surface area is 151 Å². The number of halogens is 1. The van der Waals surface area contributed by atoms with E-state index in [1.165, 1.54) is 4.90 Å². The monoisotopic (exact) mass is 347 g/mol. The molecule has 3 aromatic carbocycles. The number of carbonyl (C=O) groups is 1. The van der Waals surface area contributed by atoms with E-state index in [0.29, 0.717) is 11.3 Å². The summed E-state index contributed by atoms with van der Waals surface area (Å²) >= 11 is 0. The van der Waals surface area contributed by atoms with Crippen molar-refractivity contribution in [1.82, 2.24) is 0 Å². The molecule has 1 saturated heterocycles. The molecule has 0 aliphatic carbocycles. The third kappa shape index (κ3) is 2.84. The number of hydrogen-bond donors (Lipinski definition) is 0. The summed E-state index contributed by atoms with van der Waals surface area (Å²) in [6.45, 7) is -0.621. The summed E-state index contributed by atoms with van der Waals surface area (Å²) in [5.41, 5.74) is 2.21. The van der Waals surface area contributed by atoms with Crippen LogP contribution in [0.4, 0.5) is 14.9 Å². The maximum Gasteiger partial charge on any atom is 0.415 e. The number of alkyl halides is 1. The number of benzene rings is 3. The van der Waals surface area contributed by atoms with Gasteiger partial charge in [-0.3, -0.25) is 4.90 Å². The number of amides is 1. The van der Waals surface area contributed by atoms with Crippen molar-refractivity contribution in [2.45, 2.75) is 5.60 Å². The smallest absolute Gasteiger partial charge is 0.415 e. The molecule has 1 unspecified atom stereocenters. The highest BCUT2D eigenvalue weighted by atomic mass is 19.1. The molecule has 0 spiro atoms. The maximum atomic E-state index is 14.0. The lowest BCUT2D eigenvalue weighted by atomic mass is 9.93. The number of rotatable bonds is 4. The van der Waals surface area contributed by atoms with Gasteiger partial charge >= 0.3 is 6.09 Å². The summed E-state index contributed by atoms with van der Waals surface area (Å²) in [4.78, 5) is 13.8. The Morgan fingerprint density at radius 3 is 2.04 bits per heavy atom. The van der Waals surface area contributed by atoms with Gasteiger partial charge < -0.3 is 4.74 Å². The number of cyclic esters (lactones) is 1. The van der Waals surface area contributed by atoms with Gasteiger partial charge in [-0.25, -0.2) is 9.18 Å². The van der Waals surface area contributed by atoms with Crippen molar-refractivity contribution in [3.05, 3.63) is 90.5 Å². The summed E-state index contributed by atoms with van der Waals surface area (Å²) in [5.74, 6) is 0. The van der Waals surface area contributed by atoms with Gasteiger partial charge in [0.15, 0.2) is 5.60 Å². The Morgan fingerprint density at radius 2 is 1.42 bits per heavy atom. The van der Waals surface area contributed by atoms with E-state index in [1.807, 2.05) is 84.9 Å². The van der Waals surface area contributed by atoms with E-state index in [2.05, 4.69) is 0 Å². The molecule has 0 N–H and O–H groups in total. The molecular formula is C22H18FNO2. The van der Waals surface area contributed by atoms with Crippen LogP contribution in [0, 0.1) is 0 Å². The fourth-order valence-corrected chi connectivity index (χ4v) is 3.27. The van der Waals surface area contributed by atoms with E-state index in [0.717, 1.165) is 11.1 Å². The Bertz CT molecular complexity index is 896. The Balaban J connectivity index is 1.64. The first-order chi connectivity index (χ1) is 12.7. The molecule has 1 amide bonds. The number of hydrogen-bond acceptors (Lipinski definition) is 2. The molecule has 4 rings (SSSR count). The van der Waals surface area contributed by atoms with Crippen molar-refractivity contribution in [3.63, 3.8) is 0 Å². The lowest BCUT2D eigenvalue weighted by Gasteiger charge is -2.24. The van der Waals surface area contributed by atoms with Crippen LogP contribution in [0.15, 0.2) is 84.9 Å². The molecule has 3 nitrogen and oxygen atoms in total. The van der Waals surface area contributed by atoms with Crippen molar-refractivity contribution in [2.24, 2.45) is 0 Å². The quantitative estimate of drug-likeness (QED) is 0.651. The van der Waals surface area contributed by atoms with Crippen LogP contribution in [0.5, 0.6) is 0 Å². The summed E-state index contributed by atoms with van der Waals surface area (Å²) in [7, 11) is 0. The second-order valence-corrected chi connectivity index (χ2v) is 6.36. The van der Waals surface area contributed by atoms with Crippen molar-refractivity contribution in [2.75, 3.05) is 18.1 Å². The van der Waals surface area contributed by atoms with Crippen LogP contribution >= 0.6 is 0 Å². The highest BCUT2D eigenvalue weighted by Crippen LogP contribution is 2.37. The Hall–Kier alpha value is -3.14. The van der Waals surface area contributed by atoms with Gasteiger partial charge in [-0.2, -0.15) is 0 Å². The van der Waals surface area contributed by atoms with Crippen molar-refractivity contribution in [1.29, 1.82) is 0 Å². The van der Waals surface area contributed by atoms with E-state index in [1.54, 1.807) is 0 Å². The Morgan fingerprint density at radius 1 is 0.846 bits per heavy atom. The second-order valence-electron chi connectivity index (χ2n) is 6.36. The zero-order chi connectivity index (χ0) is 18.0. The average molecular weight is 347 g/mol. The van der Waals surface area contributed by atoms with Gasteiger partial charge in [0.1, 0.15) is 6.67 Å². The lowest BCUT2D eigenvalue weighted by Crippen LogP contribution is -2.34. The van der Waals surface area contributed by atoms with Gasteiger partial charge in [0.25, 0.3) is 0 Å². The third-order valence-corrected chi connectivity index (χ3v) is 4.72. The summed E-state index contributed by atoms with van der Waals surface area (Å²) < 4.78 is 19.5. The fraction of sp³-hybridized carbons (Fsp3) is 0.136. The summed E-state index contributed by atoms with van der Waals surface area (Å²) in [5, 5.41) is 0. The zero-order valence-electron chi connectivity index (χ0n) is 14.1. The fourth-order valence-electron chi connectivity index (χ4n) is 3.27. The first kappa shape index (κ1) is 16.3. The first-order valence-corrected chi connectivity index (χ1v) is 8.49. The van der Waals surface area contributed by atoms with Gasteiger partial charge in [0.05, 0.1) is 6.54 Å². The van der Waals surface area contributed by atoms with E-state index < -0.39 is 18.4 Å². The van der Waals surface area contributed by atoms with Crippen molar-refractivity contribution < 1.29 is 13.9 Å². The van der Waals surface area contributed by atoms with E-state index in [-0.39, 0.29) is 6.54 Å². The molecule has 0 bridgehead atoms. The summed E-state index contributed by atoms with van der Waals surface area (Å²) in [6.07, 6.45) is -0.527. The van der Waals surface area contributed by atoms with Crippen molar-refractivity contribution >= 4 is 11.8 Å². The molecular weight excluding hydrogens is 329 g/mol. The lowest BCUT2D eigenvalue weighted by molar-refractivity contribution is 0.0323. The van der Waals surface area contributed by atoms with Crippen LogP contribution in [-0.4, -0.2) is 19.3 Å². The predicted molar refractivity (Wildman–Crippen MR) is 99.8 cm³/mol. The molecule has 0 aromatic heterocycles. The molecule has 1 fully saturated rings. The number of carbonyl (C=O) groups excluding carboxylic acids is 1. The minimum atomic E-state index is -1.28. The largest absolute Gasteiger partial charge is 0.433 e. The van der Waals surface area contributed by atoms with Gasteiger partial charge in [0, 0.05) is 11.3 Å². The van der Waals surface area contributed by atoms with Gasteiger partial charge in [-0.05, 0) is 23.3 Å². The maximum absolute atomic E-state index is 14.0. The normalized spacial score (nSPS) is 19.4. The van der Waals surface area contributed by atoms with Crippen LogP contribution in [-0.2, 0) is 10.3 Å². The predicted octanol–water partition coefficient (Wildman–Crippen LogP) is 5.18. The first-order valence-electron chi connectivity index (χ1n) is 8.49. The number of anilines is 1. The Kier molecular flexibility index (Phi) is 4.17. The molecule has 0 saturated carbocycles. The van der Waals surface area contributed by atoms with Crippen LogP contribution < -0.4 is 4.90 Å². The zero-order valence-corrected chi connectivity index (χ0v) is 14.1. The van der Waals surface area contributed by atoms with Crippen LogP contribution in [0.3, 0.4) is 0 Å². The topological polar surface area (TPSA) is 29.5 Å².